The number of nitrogens with zero attached hydrogens (tertiary/aromatic N) is 1. The van der Waals surface area contributed by atoms with Crippen LogP contribution in [-0.4, -0.2) is 50.5 Å². The van der Waals surface area contributed by atoms with Crippen molar-refractivity contribution < 1.29 is 27.5 Å². The summed E-state index contributed by atoms with van der Waals surface area (Å²) in [7, 11) is -4.05. The van der Waals surface area contributed by atoms with E-state index in [1.165, 1.54) is 40.7 Å². The smallest absolute Gasteiger partial charge is 0.338 e. The Hall–Kier alpha value is -3.25. The van der Waals surface area contributed by atoms with Crippen LogP contribution >= 0.6 is 12.8 Å². The maximum Gasteiger partial charge on any atom is 0.338 e. The first-order chi connectivity index (χ1) is 16.1. The topological polar surface area (TPSA) is 134 Å². The van der Waals surface area contributed by atoms with Gasteiger partial charge in [0.15, 0.2) is 0 Å². The van der Waals surface area contributed by atoms with E-state index in [0.29, 0.717) is 19.5 Å². The maximum absolute atomic E-state index is 12.3. The standard InChI is InChI=1S/C22H28N4O6S2/c1-3-13-26(33)22(29)23-12-5-14-32-20(27)17-6-4-7-18(15-17)24-21(28)25-34(30,31)19-10-8-16(2)9-11-19/h4,6-11,15,33H,3,5,12-14H2,1-2H3,(H,23,29)(H2,24,25,28). The molecule has 184 valence electrons. The number of carbonyl (C=O) groups is 3. The molecule has 0 saturated heterocycles. The number of anilines is 1. The van der Waals surface area contributed by atoms with E-state index in [2.05, 4.69) is 23.4 Å². The molecule has 0 aliphatic carbocycles. The minimum atomic E-state index is -4.05. The summed E-state index contributed by atoms with van der Waals surface area (Å²) < 4.78 is 33.0. The molecular weight excluding hydrogens is 480 g/mol. The molecule has 0 unspecified atom stereocenters. The van der Waals surface area contributed by atoms with Crippen LogP contribution < -0.4 is 15.4 Å². The summed E-state index contributed by atoms with van der Waals surface area (Å²) in [6.45, 7) is 4.65. The molecule has 0 bridgehead atoms. The Labute approximate surface area is 204 Å². The van der Waals surface area contributed by atoms with Crippen LogP contribution in [0.3, 0.4) is 0 Å². The van der Waals surface area contributed by atoms with Crippen LogP contribution in [0, 0.1) is 6.92 Å². The van der Waals surface area contributed by atoms with Crippen LogP contribution in [0.2, 0.25) is 0 Å². The van der Waals surface area contributed by atoms with E-state index in [4.69, 9.17) is 4.74 Å². The summed E-state index contributed by atoms with van der Waals surface area (Å²) in [6.07, 6.45) is 1.19. The molecule has 4 amide bonds. The van der Waals surface area contributed by atoms with Crippen molar-refractivity contribution in [2.75, 3.05) is 25.0 Å². The zero-order valence-corrected chi connectivity index (χ0v) is 20.6. The van der Waals surface area contributed by atoms with Gasteiger partial charge in [-0.3, -0.25) is 4.31 Å². The third kappa shape index (κ3) is 8.60. The molecule has 3 N–H and O–H groups in total. The number of esters is 1. The second-order valence-electron chi connectivity index (χ2n) is 7.30. The molecule has 0 fully saturated rings. The van der Waals surface area contributed by atoms with E-state index in [-0.39, 0.29) is 28.8 Å². The van der Waals surface area contributed by atoms with Gasteiger partial charge in [0.2, 0.25) is 0 Å². The summed E-state index contributed by atoms with van der Waals surface area (Å²) in [5.74, 6) is -0.621. The fraction of sp³-hybridized carbons (Fsp3) is 0.318. The number of sulfonamides is 1. The van der Waals surface area contributed by atoms with Gasteiger partial charge >= 0.3 is 18.0 Å². The lowest BCUT2D eigenvalue weighted by Crippen LogP contribution is -2.35. The largest absolute Gasteiger partial charge is 0.462 e. The predicted molar refractivity (Wildman–Crippen MR) is 131 cm³/mol. The van der Waals surface area contributed by atoms with Gasteiger partial charge in [0, 0.05) is 18.8 Å². The number of ether oxygens (including phenoxy) is 1. The summed E-state index contributed by atoms with van der Waals surface area (Å²) in [5.41, 5.74) is 1.27. The van der Waals surface area contributed by atoms with Crippen molar-refractivity contribution in [3.63, 3.8) is 0 Å². The molecule has 0 aromatic heterocycles. The number of urea groups is 2. The van der Waals surface area contributed by atoms with E-state index in [1.54, 1.807) is 12.1 Å². The lowest BCUT2D eigenvalue weighted by molar-refractivity contribution is 0.0501. The Kier molecular flexibility index (Phi) is 10.2. The Morgan fingerprint density at radius 1 is 1.09 bits per heavy atom. The molecule has 2 rings (SSSR count). The van der Waals surface area contributed by atoms with Gasteiger partial charge in [0.1, 0.15) is 0 Å². The summed E-state index contributed by atoms with van der Waals surface area (Å²) in [6, 6.07) is 10.6. The van der Waals surface area contributed by atoms with E-state index >= 15 is 0 Å². The second kappa shape index (κ2) is 12.8. The maximum atomic E-state index is 12.3. The summed E-state index contributed by atoms with van der Waals surface area (Å²) in [4.78, 5) is 36.1. The zero-order valence-electron chi connectivity index (χ0n) is 18.9. The molecule has 10 nitrogen and oxygen atoms in total. The third-order valence-electron chi connectivity index (χ3n) is 4.41. The van der Waals surface area contributed by atoms with Gasteiger partial charge in [-0.2, -0.15) is 0 Å². The highest BCUT2D eigenvalue weighted by Crippen LogP contribution is 2.13. The van der Waals surface area contributed by atoms with Crippen molar-refractivity contribution >= 4 is 46.6 Å². The monoisotopic (exact) mass is 508 g/mol. The van der Waals surface area contributed by atoms with Crippen LogP contribution in [0.1, 0.15) is 35.7 Å². The fourth-order valence-electron chi connectivity index (χ4n) is 2.70. The van der Waals surface area contributed by atoms with Gasteiger partial charge < -0.3 is 15.4 Å². The SMILES string of the molecule is CCCN(S)C(=O)NCCCOC(=O)c1cccc(NC(=O)NS(=O)(=O)c2ccc(C)cc2)c1. The van der Waals surface area contributed by atoms with E-state index in [1.807, 2.05) is 18.6 Å². The van der Waals surface area contributed by atoms with Crippen LogP contribution in [-0.2, 0) is 14.8 Å². The van der Waals surface area contributed by atoms with Gasteiger partial charge in [-0.15, -0.1) is 0 Å². The van der Waals surface area contributed by atoms with Gasteiger partial charge in [0.25, 0.3) is 10.0 Å². The van der Waals surface area contributed by atoms with Crippen molar-refractivity contribution in [3.8, 4) is 0 Å². The molecule has 2 aromatic rings. The number of aryl methyl sites for hydroxylation is 1. The molecule has 34 heavy (non-hydrogen) atoms. The number of rotatable bonds is 10. The van der Waals surface area contributed by atoms with Gasteiger partial charge in [-0.1, -0.05) is 43.5 Å². The molecule has 0 heterocycles. The first kappa shape index (κ1) is 27.0. The van der Waals surface area contributed by atoms with Crippen molar-refractivity contribution in [2.24, 2.45) is 0 Å². The number of amides is 4. The molecule has 0 atom stereocenters. The molecule has 12 heteroatoms. The number of carbonyl (C=O) groups excluding carboxylic acids is 3. The highest BCUT2D eigenvalue weighted by atomic mass is 32.2. The van der Waals surface area contributed by atoms with Gasteiger partial charge in [0.05, 0.1) is 17.1 Å². The number of nitrogens with one attached hydrogen (secondary N) is 3. The number of thiol groups is 1. The molecule has 0 saturated carbocycles. The molecular formula is C22H28N4O6S2. The Bertz CT molecular complexity index is 1110. The van der Waals surface area contributed by atoms with Crippen LogP contribution in [0.15, 0.2) is 53.4 Å². The normalized spacial score (nSPS) is 10.8. The molecule has 0 aliphatic heterocycles. The Balaban J connectivity index is 1.83. The number of benzene rings is 2. The second-order valence-corrected chi connectivity index (χ2v) is 9.46. The van der Waals surface area contributed by atoms with Crippen LogP contribution in [0.4, 0.5) is 15.3 Å². The summed E-state index contributed by atoms with van der Waals surface area (Å²) in [5, 5.41) is 5.05. The lowest BCUT2D eigenvalue weighted by Gasteiger charge is -2.15. The highest BCUT2D eigenvalue weighted by molar-refractivity contribution is 7.90. The Morgan fingerprint density at radius 3 is 2.47 bits per heavy atom. The van der Waals surface area contributed by atoms with Gasteiger partial charge in [-0.05, 0) is 50.1 Å². The van der Waals surface area contributed by atoms with Crippen molar-refractivity contribution in [1.29, 1.82) is 0 Å². The average molecular weight is 509 g/mol. The summed E-state index contributed by atoms with van der Waals surface area (Å²) >= 11 is 4.06. The Morgan fingerprint density at radius 2 is 1.79 bits per heavy atom. The minimum Gasteiger partial charge on any atom is -0.462 e. The van der Waals surface area contributed by atoms with E-state index < -0.39 is 22.0 Å². The first-order valence-electron chi connectivity index (χ1n) is 10.5. The number of hydrogen-bond donors (Lipinski definition) is 4. The van der Waals surface area contributed by atoms with Crippen molar-refractivity contribution in [2.45, 2.75) is 31.6 Å². The lowest BCUT2D eigenvalue weighted by atomic mass is 10.2. The quantitative estimate of drug-likeness (QED) is 0.221. The van der Waals surface area contributed by atoms with Crippen LogP contribution in [0.5, 0.6) is 0 Å². The van der Waals surface area contributed by atoms with Crippen molar-refractivity contribution in [3.05, 3.63) is 59.7 Å². The highest BCUT2D eigenvalue weighted by Gasteiger charge is 2.18. The minimum absolute atomic E-state index is 0.0470. The fourth-order valence-corrected chi connectivity index (χ4v) is 3.88. The first-order valence-corrected chi connectivity index (χ1v) is 12.4. The third-order valence-corrected chi connectivity index (χ3v) is 6.14. The van der Waals surface area contributed by atoms with Gasteiger partial charge in [-0.25, -0.2) is 27.5 Å². The number of hydrogen-bond acceptors (Lipinski definition) is 7. The zero-order chi connectivity index (χ0) is 25.1. The predicted octanol–water partition coefficient (Wildman–Crippen LogP) is 3.32. The molecule has 0 radical (unpaired) electrons. The molecule has 2 aromatic carbocycles. The average Bonchev–Trinajstić information content (AvgIpc) is 2.78. The molecule has 0 aliphatic rings. The van der Waals surface area contributed by atoms with Crippen molar-refractivity contribution in [1.82, 2.24) is 14.3 Å². The van der Waals surface area contributed by atoms with Crippen LogP contribution in [0.25, 0.3) is 0 Å². The van der Waals surface area contributed by atoms with E-state index in [9.17, 15) is 22.8 Å². The van der Waals surface area contributed by atoms with E-state index in [0.717, 1.165) is 12.0 Å². The molecule has 0 spiro atoms.